The van der Waals surface area contributed by atoms with Crippen LogP contribution >= 0.6 is 0 Å². The maximum absolute atomic E-state index is 11.1. The average Bonchev–Trinajstić information content (AvgIpc) is 2.67. The Labute approximate surface area is 85.9 Å². The summed E-state index contributed by atoms with van der Waals surface area (Å²) < 4.78 is 0. The van der Waals surface area contributed by atoms with Gasteiger partial charge in [0.1, 0.15) is 12.4 Å². The number of aliphatic carboxylic acids is 1. The number of nitrogens with one attached hydrogen (secondary N) is 3. The molecule has 2 amide bonds. The summed E-state index contributed by atoms with van der Waals surface area (Å²) in [5.41, 5.74) is 0. The van der Waals surface area contributed by atoms with Crippen LogP contribution in [-0.4, -0.2) is 33.6 Å². The first-order valence-corrected chi connectivity index (χ1v) is 4.35. The minimum Gasteiger partial charge on any atom is -0.480 e. The summed E-state index contributed by atoms with van der Waals surface area (Å²) in [4.78, 5) is 28.1. The van der Waals surface area contributed by atoms with Gasteiger partial charge < -0.3 is 20.7 Å². The normalized spacial score (nSPS) is 11.8. The van der Waals surface area contributed by atoms with Crippen LogP contribution in [0.4, 0.5) is 4.79 Å². The zero-order valence-corrected chi connectivity index (χ0v) is 8.15. The highest BCUT2D eigenvalue weighted by molar-refractivity contribution is 5.79. The van der Waals surface area contributed by atoms with Gasteiger partial charge in [-0.25, -0.2) is 9.78 Å². The molecular weight excluding hydrogens is 200 g/mol. The molecule has 0 fully saturated rings. The third-order valence-corrected chi connectivity index (χ3v) is 1.68. The molecule has 0 aliphatic carbocycles. The Kier molecular flexibility index (Phi) is 3.67. The number of hydrogen-bond acceptors (Lipinski definition) is 3. The molecule has 0 aliphatic heterocycles. The third kappa shape index (κ3) is 3.67. The number of rotatable bonds is 4. The first kappa shape index (κ1) is 11.0. The number of carbonyl (C=O) groups is 2. The number of carboxylic acid groups (broad SMARTS) is 1. The van der Waals surface area contributed by atoms with E-state index in [-0.39, 0.29) is 6.04 Å². The zero-order valence-electron chi connectivity index (χ0n) is 8.15. The molecule has 0 saturated carbocycles. The van der Waals surface area contributed by atoms with Gasteiger partial charge in [0.15, 0.2) is 0 Å². The van der Waals surface area contributed by atoms with Crippen molar-refractivity contribution in [2.24, 2.45) is 0 Å². The fraction of sp³-hybridized carbons (Fsp3) is 0.375. The molecule has 0 aromatic carbocycles. The molecular formula is C8H12N4O3. The van der Waals surface area contributed by atoms with Gasteiger partial charge in [0.25, 0.3) is 0 Å². The first-order chi connectivity index (χ1) is 7.09. The summed E-state index contributed by atoms with van der Waals surface area (Å²) in [5, 5.41) is 13.0. The summed E-state index contributed by atoms with van der Waals surface area (Å²) in [5.74, 6) is -0.476. The van der Waals surface area contributed by atoms with Crippen molar-refractivity contribution in [1.82, 2.24) is 20.6 Å². The molecule has 0 aliphatic rings. The number of nitrogens with zero attached hydrogens (tertiary/aromatic N) is 1. The molecule has 82 valence electrons. The maximum atomic E-state index is 11.1. The van der Waals surface area contributed by atoms with E-state index in [1.807, 2.05) is 0 Å². The molecule has 15 heavy (non-hydrogen) atoms. The van der Waals surface area contributed by atoms with E-state index in [1.54, 1.807) is 19.3 Å². The van der Waals surface area contributed by atoms with Gasteiger partial charge in [-0.05, 0) is 6.92 Å². The van der Waals surface area contributed by atoms with E-state index in [1.165, 1.54) is 0 Å². The molecule has 7 nitrogen and oxygen atoms in total. The van der Waals surface area contributed by atoms with Gasteiger partial charge in [-0.2, -0.15) is 0 Å². The van der Waals surface area contributed by atoms with E-state index in [0.29, 0.717) is 5.82 Å². The van der Waals surface area contributed by atoms with Crippen molar-refractivity contribution in [3.05, 3.63) is 18.2 Å². The average molecular weight is 212 g/mol. The fourth-order valence-corrected chi connectivity index (χ4v) is 0.986. The molecule has 0 saturated heterocycles. The molecule has 1 heterocycles. The number of carbonyl (C=O) groups excluding carboxylic acids is 1. The quantitative estimate of drug-likeness (QED) is 0.556. The largest absolute Gasteiger partial charge is 0.480 e. The molecule has 1 aromatic heterocycles. The van der Waals surface area contributed by atoms with Crippen LogP contribution in [0.1, 0.15) is 18.8 Å². The van der Waals surface area contributed by atoms with Crippen LogP contribution in [0.15, 0.2) is 12.4 Å². The zero-order chi connectivity index (χ0) is 11.3. The number of amides is 2. The Morgan fingerprint density at radius 2 is 2.40 bits per heavy atom. The van der Waals surface area contributed by atoms with Gasteiger partial charge in [0.2, 0.25) is 0 Å². The van der Waals surface area contributed by atoms with Gasteiger partial charge in [-0.1, -0.05) is 0 Å². The summed E-state index contributed by atoms with van der Waals surface area (Å²) in [6, 6.07) is -0.838. The summed E-state index contributed by atoms with van der Waals surface area (Å²) in [6.45, 7) is 1.33. The van der Waals surface area contributed by atoms with Crippen LogP contribution in [0, 0.1) is 0 Å². The highest BCUT2D eigenvalue weighted by Crippen LogP contribution is 2.03. The maximum Gasteiger partial charge on any atom is 0.323 e. The molecule has 7 heteroatoms. The lowest BCUT2D eigenvalue weighted by Gasteiger charge is -2.11. The van der Waals surface area contributed by atoms with E-state index in [4.69, 9.17) is 5.11 Å². The molecule has 0 spiro atoms. The monoisotopic (exact) mass is 212 g/mol. The van der Waals surface area contributed by atoms with Crippen molar-refractivity contribution in [1.29, 1.82) is 0 Å². The Bertz CT molecular complexity index is 336. The number of H-pyrrole nitrogens is 1. The van der Waals surface area contributed by atoms with Crippen molar-refractivity contribution >= 4 is 12.0 Å². The van der Waals surface area contributed by atoms with Gasteiger partial charge in [-0.3, -0.25) is 4.79 Å². The second-order valence-corrected chi connectivity index (χ2v) is 2.92. The van der Waals surface area contributed by atoms with Crippen LogP contribution in [0.5, 0.6) is 0 Å². The van der Waals surface area contributed by atoms with E-state index in [0.717, 1.165) is 0 Å². The Morgan fingerprint density at radius 3 is 2.93 bits per heavy atom. The van der Waals surface area contributed by atoms with Crippen LogP contribution < -0.4 is 10.6 Å². The lowest BCUT2D eigenvalue weighted by molar-refractivity contribution is -0.135. The number of aromatic nitrogens is 2. The van der Waals surface area contributed by atoms with Crippen molar-refractivity contribution in [3.8, 4) is 0 Å². The number of aromatic amines is 1. The smallest absolute Gasteiger partial charge is 0.323 e. The predicted molar refractivity (Wildman–Crippen MR) is 51.2 cm³/mol. The van der Waals surface area contributed by atoms with Crippen molar-refractivity contribution in [2.75, 3.05) is 6.54 Å². The molecule has 1 atom stereocenters. The summed E-state index contributed by atoms with van der Waals surface area (Å²) in [6.07, 6.45) is 3.21. The molecule has 1 unspecified atom stereocenters. The number of urea groups is 1. The lowest BCUT2D eigenvalue weighted by Crippen LogP contribution is -2.39. The minimum absolute atomic E-state index is 0.297. The Hall–Kier alpha value is -2.05. The topological polar surface area (TPSA) is 107 Å². The SMILES string of the molecule is CC(NC(=O)NCC(=O)O)c1ncc[nH]1. The van der Waals surface area contributed by atoms with Crippen LogP contribution in [0.2, 0.25) is 0 Å². The fourth-order valence-electron chi connectivity index (χ4n) is 0.986. The second kappa shape index (κ2) is 4.99. The second-order valence-electron chi connectivity index (χ2n) is 2.92. The van der Waals surface area contributed by atoms with E-state index in [2.05, 4.69) is 20.6 Å². The van der Waals surface area contributed by atoms with Crippen LogP contribution in [0.25, 0.3) is 0 Å². The first-order valence-electron chi connectivity index (χ1n) is 4.35. The predicted octanol–water partition coefficient (Wildman–Crippen LogP) is -0.146. The number of hydrogen-bond donors (Lipinski definition) is 4. The minimum atomic E-state index is -1.09. The third-order valence-electron chi connectivity index (χ3n) is 1.68. The number of imidazole rings is 1. The van der Waals surface area contributed by atoms with Crippen molar-refractivity contribution in [2.45, 2.75) is 13.0 Å². The van der Waals surface area contributed by atoms with Crippen molar-refractivity contribution in [3.63, 3.8) is 0 Å². The van der Waals surface area contributed by atoms with Gasteiger partial charge in [0, 0.05) is 12.4 Å². The lowest BCUT2D eigenvalue weighted by atomic mass is 10.3. The van der Waals surface area contributed by atoms with Crippen molar-refractivity contribution < 1.29 is 14.7 Å². The van der Waals surface area contributed by atoms with E-state index >= 15 is 0 Å². The molecule has 0 bridgehead atoms. The van der Waals surface area contributed by atoms with E-state index in [9.17, 15) is 9.59 Å². The Balaban J connectivity index is 2.35. The highest BCUT2D eigenvalue weighted by Gasteiger charge is 2.11. The highest BCUT2D eigenvalue weighted by atomic mass is 16.4. The van der Waals surface area contributed by atoms with Crippen LogP contribution in [-0.2, 0) is 4.79 Å². The van der Waals surface area contributed by atoms with E-state index < -0.39 is 18.5 Å². The molecule has 4 N–H and O–H groups in total. The van der Waals surface area contributed by atoms with Gasteiger partial charge in [-0.15, -0.1) is 0 Å². The van der Waals surface area contributed by atoms with Crippen LogP contribution in [0.3, 0.4) is 0 Å². The standard InChI is InChI=1S/C8H12N4O3/c1-5(7-9-2-3-10-7)12-8(15)11-4-6(13)14/h2-3,5H,4H2,1H3,(H,9,10)(H,13,14)(H2,11,12,15). The molecule has 0 radical (unpaired) electrons. The number of carboxylic acids is 1. The molecule has 1 rings (SSSR count). The van der Waals surface area contributed by atoms with Gasteiger partial charge in [0.05, 0.1) is 6.04 Å². The summed E-state index contributed by atoms with van der Waals surface area (Å²) in [7, 11) is 0. The Morgan fingerprint density at radius 1 is 1.67 bits per heavy atom. The summed E-state index contributed by atoms with van der Waals surface area (Å²) >= 11 is 0. The molecule has 1 aromatic rings. The van der Waals surface area contributed by atoms with Gasteiger partial charge >= 0.3 is 12.0 Å².